The van der Waals surface area contributed by atoms with Crippen LogP contribution in [0.25, 0.3) is 10.6 Å². The molecule has 23 heavy (non-hydrogen) atoms. The van der Waals surface area contributed by atoms with Gasteiger partial charge in [-0.25, -0.2) is 9.78 Å². The van der Waals surface area contributed by atoms with Gasteiger partial charge >= 0.3 is 5.97 Å². The van der Waals surface area contributed by atoms with Crippen molar-refractivity contribution in [1.29, 1.82) is 0 Å². The first-order chi connectivity index (χ1) is 10.9. The molecule has 0 bridgehead atoms. The third-order valence-corrected chi connectivity index (χ3v) is 5.04. The second-order valence-corrected chi connectivity index (χ2v) is 7.67. The molecule has 0 aliphatic heterocycles. The fraction of sp³-hybridized carbons (Fsp3) is 0.412. The SMILES string of the molecule is CCOC(=O)c1sc(-c2ccc(OCC(C)C)c(I)c2)nc1C. The third kappa shape index (κ3) is 4.67. The lowest BCUT2D eigenvalue weighted by Crippen LogP contribution is -2.05. The predicted molar refractivity (Wildman–Crippen MR) is 101 cm³/mol. The van der Waals surface area contributed by atoms with Crippen LogP contribution in [0, 0.1) is 16.4 Å². The maximum Gasteiger partial charge on any atom is 0.350 e. The molecule has 1 aromatic carbocycles. The summed E-state index contributed by atoms with van der Waals surface area (Å²) in [5, 5.41) is 0.818. The smallest absolute Gasteiger partial charge is 0.350 e. The molecule has 0 radical (unpaired) electrons. The molecule has 1 aromatic heterocycles. The zero-order valence-electron chi connectivity index (χ0n) is 13.7. The number of hydrogen-bond acceptors (Lipinski definition) is 5. The average Bonchev–Trinajstić information content (AvgIpc) is 2.88. The lowest BCUT2D eigenvalue weighted by atomic mass is 10.2. The first-order valence-electron chi connectivity index (χ1n) is 7.49. The van der Waals surface area contributed by atoms with Crippen molar-refractivity contribution in [3.63, 3.8) is 0 Å². The van der Waals surface area contributed by atoms with E-state index in [2.05, 4.69) is 41.4 Å². The van der Waals surface area contributed by atoms with Gasteiger partial charge in [0.1, 0.15) is 15.6 Å². The Morgan fingerprint density at radius 1 is 1.39 bits per heavy atom. The minimum absolute atomic E-state index is 0.305. The molecule has 0 amide bonds. The van der Waals surface area contributed by atoms with Crippen molar-refractivity contribution in [2.24, 2.45) is 5.92 Å². The highest BCUT2D eigenvalue weighted by Crippen LogP contribution is 2.32. The summed E-state index contributed by atoms with van der Waals surface area (Å²) < 4.78 is 11.9. The van der Waals surface area contributed by atoms with Crippen molar-refractivity contribution >= 4 is 39.9 Å². The van der Waals surface area contributed by atoms with Crippen LogP contribution < -0.4 is 4.74 Å². The molecule has 124 valence electrons. The molecule has 2 rings (SSSR count). The van der Waals surface area contributed by atoms with Crippen LogP contribution in [-0.2, 0) is 4.74 Å². The highest BCUT2D eigenvalue weighted by Gasteiger charge is 2.17. The minimum Gasteiger partial charge on any atom is -0.492 e. The van der Waals surface area contributed by atoms with Gasteiger partial charge in [-0.3, -0.25) is 0 Å². The number of hydrogen-bond donors (Lipinski definition) is 0. The van der Waals surface area contributed by atoms with E-state index in [1.165, 1.54) is 11.3 Å². The Kier molecular flexibility index (Phi) is 6.41. The van der Waals surface area contributed by atoms with Gasteiger partial charge in [-0.1, -0.05) is 13.8 Å². The van der Waals surface area contributed by atoms with Crippen LogP contribution in [0.15, 0.2) is 18.2 Å². The Labute approximate surface area is 154 Å². The summed E-state index contributed by atoms with van der Waals surface area (Å²) in [4.78, 5) is 17.0. The van der Waals surface area contributed by atoms with E-state index in [1.54, 1.807) is 6.92 Å². The summed E-state index contributed by atoms with van der Waals surface area (Å²) in [5.74, 6) is 1.06. The summed E-state index contributed by atoms with van der Waals surface area (Å²) in [6.45, 7) is 8.93. The van der Waals surface area contributed by atoms with Crippen LogP contribution >= 0.6 is 33.9 Å². The maximum absolute atomic E-state index is 11.9. The number of thiazole rings is 1. The van der Waals surface area contributed by atoms with Gasteiger partial charge in [0.15, 0.2) is 0 Å². The van der Waals surface area contributed by atoms with Crippen LogP contribution in [0.5, 0.6) is 5.75 Å². The molecular weight excluding hydrogens is 425 g/mol. The highest BCUT2D eigenvalue weighted by atomic mass is 127. The molecule has 0 atom stereocenters. The van der Waals surface area contributed by atoms with E-state index in [1.807, 2.05) is 25.1 Å². The molecular formula is C17H20INO3S. The molecule has 6 heteroatoms. The predicted octanol–water partition coefficient (Wildman–Crippen LogP) is 4.93. The number of halogens is 1. The monoisotopic (exact) mass is 445 g/mol. The third-order valence-electron chi connectivity index (χ3n) is 3.01. The first-order valence-corrected chi connectivity index (χ1v) is 9.39. The van der Waals surface area contributed by atoms with Gasteiger partial charge in [0.25, 0.3) is 0 Å². The van der Waals surface area contributed by atoms with Crippen LogP contribution in [-0.4, -0.2) is 24.2 Å². The normalized spacial score (nSPS) is 10.9. The van der Waals surface area contributed by atoms with Crippen LogP contribution in [0.4, 0.5) is 0 Å². The lowest BCUT2D eigenvalue weighted by molar-refractivity contribution is 0.0531. The molecule has 0 saturated carbocycles. The number of carbonyl (C=O) groups is 1. The molecule has 0 unspecified atom stereocenters. The largest absolute Gasteiger partial charge is 0.492 e. The number of esters is 1. The fourth-order valence-electron chi connectivity index (χ4n) is 1.91. The molecule has 0 spiro atoms. The Morgan fingerprint density at radius 2 is 2.13 bits per heavy atom. The van der Waals surface area contributed by atoms with Crippen LogP contribution in [0.2, 0.25) is 0 Å². The van der Waals surface area contributed by atoms with Crippen LogP contribution in [0.3, 0.4) is 0 Å². The standard InChI is InChI=1S/C17H20INO3S/c1-5-21-17(20)15-11(4)19-16(23-15)12-6-7-14(13(18)8-12)22-9-10(2)3/h6-8,10H,5,9H2,1-4H3. The molecule has 0 aliphatic carbocycles. The summed E-state index contributed by atoms with van der Waals surface area (Å²) >= 11 is 3.63. The Hall–Kier alpha value is -1.15. The summed E-state index contributed by atoms with van der Waals surface area (Å²) in [7, 11) is 0. The lowest BCUT2D eigenvalue weighted by Gasteiger charge is -2.11. The molecule has 0 saturated heterocycles. The van der Waals surface area contributed by atoms with E-state index in [0.29, 0.717) is 29.7 Å². The Bertz CT molecular complexity index is 697. The average molecular weight is 445 g/mol. The zero-order valence-corrected chi connectivity index (χ0v) is 16.7. The van der Waals surface area contributed by atoms with Crippen molar-refractivity contribution in [2.75, 3.05) is 13.2 Å². The number of benzene rings is 1. The summed E-state index contributed by atoms with van der Waals surface area (Å²) in [6, 6.07) is 5.97. The van der Waals surface area contributed by atoms with E-state index in [-0.39, 0.29) is 5.97 Å². The van der Waals surface area contributed by atoms with Gasteiger partial charge in [0, 0.05) is 5.56 Å². The van der Waals surface area contributed by atoms with Crippen molar-refractivity contribution in [2.45, 2.75) is 27.7 Å². The van der Waals surface area contributed by atoms with Gasteiger partial charge in [0.2, 0.25) is 0 Å². The van der Waals surface area contributed by atoms with Crippen molar-refractivity contribution < 1.29 is 14.3 Å². The molecule has 2 aromatic rings. The molecule has 4 nitrogen and oxygen atoms in total. The molecule has 0 fully saturated rings. The van der Waals surface area contributed by atoms with Crippen molar-refractivity contribution in [3.8, 4) is 16.3 Å². The van der Waals surface area contributed by atoms with Gasteiger partial charge in [0.05, 0.1) is 22.5 Å². The van der Waals surface area contributed by atoms with Crippen LogP contribution in [0.1, 0.15) is 36.1 Å². The summed E-state index contributed by atoms with van der Waals surface area (Å²) in [5.41, 5.74) is 1.69. The fourth-order valence-corrected chi connectivity index (χ4v) is 3.54. The Morgan fingerprint density at radius 3 is 2.74 bits per heavy atom. The quantitative estimate of drug-likeness (QED) is 0.467. The second kappa shape index (κ2) is 8.10. The Balaban J connectivity index is 2.24. The van der Waals surface area contributed by atoms with E-state index >= 15 is 0 Å². The molecule has 0 N–H and O–H groups in total. The van der Waals surface area contributed by atoms with E-state index in [0.717, 1.165) is 19.9 Å². The van der Waals surface area contributed by atoms with Gasteiger partial charge in [-0.15, -0.1) is 11.3 Å². The second-order valence-electron chi connectivity index (χ2n) is 5.50. The number of ether oxygens (including phenoxy) is 2. The van der Waals surface area contributed by atoms with Gasteiger partial charge in [-0.2, -0.15) is 0 Å². The summed E-state index contributed by atoms with van der Waals surface area (Å²) in [6.07, 6.45) is 0. The number of carbonyl (C=O) groups excluding carboxylic acids is 1. The zero-order chi connectivity index (χ0) is 17.0. The first kappa shape index (κ1) is 18.2. The number of aryl methyl sites for hydroxylation is 1. The van der Waals surface area contributed by atoms with Crippen molar-refractivity contribution in [3.05, 3.63) is 32.3 Å². The van der Waals surface area contributed by atoms with E-state index in [9.17, 15) is 4.79 Å². The number of aromatic nitrogens is 1. The van der Waals surface area contributed by atoms with E-state index in [4.69, 9.17) is 9.47 Å². The number of rotatable bonds is 6. The van der Waals surface area contributed by atoms with E-state index < -0.39 is 0 Å². The van der Waals surface area contributed by atoms with Crippen molar-refractivity contribution in [1.82, 2.24) is 4.98 Å². The number of nitrogens with zero attached hydrogens (tertiary/aromatic N) is 1. The maximum atomic E-state index is 11.9. The molecule has 1 heterocycles. The minimum atomic E-state index is -0.305. The topological polar surface area (TPSA) is 48.4 Å². The van der Waals surface area contributed by atoms with Gasteiger partial charge in [-0.05, 0) is 60.6 Å². The van der Waals surface area contributed by atoms with Gasteiger partial charge < -0.3 is 9.47 Å². The molecule has 0 aliphatic rings. The highest BCUT2D eigenvalue weighted by molar-refractivity contribution is 14.1.